The van der Waals surface area contributed by atoms with Gasteiger partial charge in [-0.25, -0.2) is 0 Å². The standard InChI is InChI=1S/C17H12ClNO3/c1-10-4-2-3-5-13(10)19-17(21)16-9-14(20)12-8-11(18)6-7-15(12)22-16/h2-9H,1H3,(H,19,21). The summed E-state index contributed by atoms with van der Waals surface area (Å²) in [5.74, 6) is -0.508. The minimum atomic E-state index is -0.469. The quantitative estimate of drug-likeness (QED) is 0.777. The molecule has 0 saturated heterocycles. The number of rotatable bonds is 2. The second-order valence-corrected chi connectivity index (χ2v) is 5.32. The fourth-order valence-electron chi connectivity index (χ4n) is 2.14. The Kier molecular flexibility index (Phi) is 3.69. The summed E-state index contributed by atoms with van der Waals surface area (Å²) in [7, 11) is 0. The fraction of sp³-hybridized carbons (Fsp3) is 0.0588. The molecule has 110 valence electrons. The lowest BCUT2D eigenvalue weighted by molar-refractivity contribution is 0.0997. The number of halogens is 1. The van der Waals surface area contributed by atoms with E-state index in [4.69, 9.17) is 16.0 Å². The largest absolute Gasteiger partial charge is 0.451 e. The number of hydrogen-bond acceptors (Lipinski definition) is 3. The molecule has 4 nitrogen and oxygen atoms in total. The zero-order valence-corrected chi connectivity index (χ0v) is 12.5. The summed E-state index contributed by atoms with van der Waals surface area (Å²) in [5.41, 5.74) is 1.61. The second kappa shape index (κ2) is 5.66. The van der Waals surface area contributed by atoms with Gasteiger partial charge in [-0.3, -0.25) is 9.59 Å². The SMILES string of the molecule is Cc1ccccc1NC(=O)c1cc(=O)c2cc(Cl)ccc2o1. The molecule has 0 spiro atoms. The molecule has 1 amide bonds. The van der Waals surface area contributed by atoms with Crippen LogP contribution in [0.25, 0.3) is 11.0 Å². The first-order valence-corrected chi connectivity index (χ1v) is 7.03. The van der Waals surface area contributed by atoms with E-state index in [1.807, 2.05) is 25.1 Å². The Bertz CT molecular complexity index is 931. The number of carbonyl (C=O) groups is 1. The fourth-order valence-corrected chi connectivity index (χ4v) is 2.31. The van der Waals surface area contributed by atoms with Gasteiger partial charge in [-0.2, -0.15) is 0 Å². The van der Waals surface area contributed by atoms with Crippen molar-refractivity contribution in [3.05, 3.63) is 75.1 Å². The number of carbonyl (C=O) groups excluding carboxylic acids is 1. The van der Waals surface area contributed by atoms with Gasteiger partial charge in [-0.15, -0.1) is 0 Å². The van der Waals surface area contributed by atoms with Gasteiger partial charge >= 0.3 is 0 Å². The van der Waals surface area contributed by atoms with Crippen molar-refractivity contribution in [1.29, 1.82) is 0 Å². The van der Waals surface area contributed by atoms with Crippen LogP contribution in [0, 0.1) is 6.92 Å². The van der Waals surface area contributed by atoms with Gasteiger partial charge in [0.1, 0.15) is 5.58 Å². The summed E-state index contributed by atoms with van der Waals surface area (Å²) >= 11 is 5.86. The van der Waals surface area contributed by atoms with Gasteiger partial charge in [0.25, 0.3) is 5.91 Å². The van der Waals surface area contributed by atoms with Crippen LogP contribution in [0.1, 0.15) is 16.1 Å². The summed E-state index contributed by atoms with van der Waals surface area (Å²) in [6.45, 7) is 1.88. The van der Waals surface area contributed by atoms with Crippen molar-refractivity contribution < 1.29 is 9.21 Å². The zero-order chi connectivity index (χ0) is 15.7. The third-order valence-electron chi connectivity index (χ3n) is 3.31. The summed E-state index contributed by atoms with van der Waals surface area (Å²) < 4.78 is 5.50. The molecular weight excluding hydrogens is 302 g/mol. The van der Waals surface area contributed by atoms with E-state index in [1.54, 1.807) is 18.2 Å². The molecule has 0 fully saturated rings. The molecule has 1 aromatic heterocycles. The first kappa shape index (κ1) is 14.4. The predicted molar refractivity (Wildman–Crippen MR) is 86.6 cm³/mol. The second-order valence-electron chi connectivity index (χ2n) is 4.88. The minimum absolute atomic E-state index is 0.0388. The summed E-state index contributed by atoms with van der Waals surface area (Å²) in [4.78, 5) is 24.3. The Hall–Kier alpha value is -2.59. The van der Waals surface area contributed by atoms with E-state index in [1.165, 1.54) is 12.1 Å². The number of benzene rings is 2. The number of aryl methyl sites for hydroxylation is 1. The van der Waals surface area contributed by atoms with Crippen LogP contribution >= 0.6 is 11.6 Å². The molecule has 0 aliphatic rings. The lowest BCUT2D eigenvalue weighted by Crippen LogP contribution is -2.15. The molecule has 0 bridgehead atoms. The molecule has 2 aromatic carbocycles. The average Bonchev–Trinajstić information content (AvgIpc) is 2.50. The monoisotopic (exact) mass is 313 g/mol. The Labute approximate surface area is 131 Å². The van der Waals surface area contributed by atoms with Gasteiger partial charge in [0.2, 0.25) is 0 Å². The highest BCUT2D eigenvalue weighted by Crippen LogP contribution is 2.19. The van der Waals surface area contributed by atoms with Crippen LogP contribution in [0.3, 0.4) is 0 Å². The van der Waals surface area contributed by atoms with Gasteiger partial charge in [-0.05, 0) is 36.8 Å². The molecule has 5 heteroatoms. The number of para-hydroxylation sites is 1. The number of fused-ring (bicyclic) bond motifs is 1. The van der Waals surface area contributed by atoms with Crippen LogP contribution in [0.5, 0.6) is 0 Å². The molecule has 0 unspecified atom stereocenters. The first-order valence-electron chi connectivity index (χ1n) is 6.65. The van der Waals surface area contributed by atoms with Crippen molar-refractivity contribution in [1.82, 2.24) is 0 Å². The normalized spacial score (nSPS) is 10.6. The summed E-state index contributed by atoms with van der Waals surface area (Å²) in [6, 6.07) is 13.2. The Balaban J connectivity index is 2.00. The maximum atomic E-state index is 12.3. The molecular formula is C17H12ClNO3. The minimum Gasteiger partial charge on any atom is -0.451 e. The Morgan fingerprint density at radius 1 is 1.14 bits per heavy atom. The maximum absolute atomic E-state index is 12.3. The lowest BCUT2D eigenvalue weighted by Gasteiger charge is -2.08. The van der Waals surface area contributed by atoms with Gasteiger partial charge in [0, 0.05) is 16.8 Å². The molecule has 3 aromatic rings. The highest BCUT2D eigenvalue weighted by molar-refractivity contribution is 6.31. The van der Waals surface area contributed by atoms with Crippen molar-refractivity contribution in [2.75, 3.05) is 5.32 Å². The highest BCUT2D eigenvalue weighted by atomic mass is 35.5. The lowest BCUT2D eigenvalue weighted by atomic mass is 10.2. The molecule has 22 heavy (non-hydrogen) atoms. The van der Waals surface area contributed by atoms with Crippen LogP contribution in [-0.2, 0) is 0 Å². The van der Waals surface area contributed by atoms with E-state index in [0.29, 0.717) is 21.7 Å². The molecule has 0 aliphatic carbocycles. The Morgan fingerprint density at radius 3 is 2.68 bits per heavy atom. The van der Waals surface area contributed by atoms with Crippen LogP contribution in [-0.4, -0.2) is 5.91 Å². The number of anilines is 1. The molecule has 0 aliphatic heterocycles. The molecule has 0 radical (unpaired) electrons. The van der Waals surface area contributed by atoms with E-state index < -0.39 is 5.91 Å². The van der Waals surface area contributed by atoms with Gasteiger partial charge in [-0.1, -0.05) is 29.8 Å². The Morgan fingerprint density at radius 2 is 1.91 bits per heavy atom. The number of nitrogens with one attached hydrogen (secondary N) is 1. The summed E-state index contributed by atoms with van der Waals surface area (Å²) in [5, 5.41) is 3.52. The van der Waals surface area contributed by atoms with Crippen LogP contribution < -0.4 is 10.7 Å². The van der Waals surface area contributed by atoms with Gasteiger partial charge in [0.15, 0.2) is 11.2 Å². The van der Waals surface area contributed by atoms with Crippen molar-refractivity contribution in [2.45, 2.75) is 6.92 Å². The summed E-state index contributed by atoms with van der Waals surface area (Å²) in [6.07, 6.45) is 0. The van der Waals surface area contributed by atoms with Crippen molar-refractivity contribution >= 4 is 34.2 Å². The third-order valence-corrected chi connectivity index (χ3v) is 3.54. The van der Waals surface area contributed by atoms with E-state index in [2.05, 4.69) is 5.32 Å². The van der Waals surface area contributed by atoms with Crippen molar-refractivity contribution in [2.24, 2.45) is 0 Å². The topological polar surface area (TPSA) is 59.3 Å². The van der Waals surface area contributed by atoms with E-state index in [0.717, 1.165) is 5.56 Å². The zero-order valence-electron chi connectivity index (χ0n) is 11.7. The van der Waals surface area contributed by atoms with Crippen molar-refractivity contribution in [3.63, 3.8) is 0 Å². The molecule has 0 atom stereocenters. The third kappa shape index (κ3) is 2.73. The highest BCUT2D eigenvalue weighted by Gasteiger charge is 2.13. The van der Waals surface area contributed by atoms with Crippen molar-refractivity contribution in [3.8, 4) is 0 Å². The van der Waals surface area contributed by atoms with Gasteiger partial charge < -0.3 is 9.73 Å². The average molecular weight is 314 g/mol. The van der Waals surface area contributed by atoms with E-state index in [-0.39, 0.29) is 11.2 Å². The van der Waals surface area contributed by atoms with E-state index in [9.17, 15) is 9.59 Å². The van der Waals surface area contributed by atoms with Gasteiger partial charge in [0.05, 0.1) is 5.39 Å². The number of amides is 1. The molecule has 1 heterocycles. The first-order chi connectivity index (χ1) is 10.5. The molecule has 0 saturated carbocycles. The number of hydrogen-bond donors (Lipinski definition) is 1. The van der Waals surface area contributed by atoms with Crippen LogP contribution in [0.2, 0.25) is 5.02 Å². The van der Waals surface area contributed by atoms with E-state index >= 15 is 0 Å². The maximum Gasteiger partial charge on any atom is 0.291 e. The molecule has 1 N–H and O–H groups in total. The predicted octanol–water partition coefficient (Wildman–Crippen LogP) is 4.01. The van der Waals surface area contributed by atoms with Crippen LogP contribution in [0.4, 0.5) is 5.69 Å². The smallest absolute Gasteiger partial charge is 0.291 e. The molecule has 3 rings (SSSR count). The van der Waals surface area contributed by atoms with Crippen LogP contribution in [0.15, 0.2) is 57.7 Å².